The molecule has 0 radical (unpaired) electrons. The fourth-order valence-electron chi connectivity index (χ4n) is 7.57. The summed E-state index contributed by atoms with van der Waals surface area (Å²) in [7, 11) is 0. The number of amidine groups is 2. The fraction of sp³-hybridized carbons (Fsp3) is 0.0244. The number of aromatic nitrogens is 3. The van der Waals surface area contributed by atoms with E-state index in [9.17, 15) is 9.59 Å². The summed E-state index contributed by atoms with van der Waals surface area (Å²) in [6, 6.07) is 30.9. The molecule has 0 fully saturated rings. The maximum atomic E-state index is 13.5. The number of hydrogen-bond acceptors (Lipinski definition) is 7. The molecule has 0 saturated heterocycles. The van der Waals surface area contributed by atoms with Crippen LogP contribution in [0.2, 0.25) is 0 Å². The topological polar surface area (TPSA) is 146 Å². The molecule has 4 aromatic carbocycles. The van der Waals surface area contributed by atoms with Crippen molar-refractivity contribution in [3.8, 4) is 0 Å². The summed E-state index contributed by atoms with van der Waals surface area (Å²) in [6.45, 7) is 0. The van der Waals surface area contributed by atoms with Crippen molar-refractivity contribution in [1.29, 1.82) is 0 Å². The smallest absolute Gasteiger partial charge is 0.265 e. The van der Waals surface area contributed by atoms with Gasteiger partial charge in [-0.15, -0.1) is 0 Å². The van der Waals surface area contributed by atoms with Crippen LogP contribution in [0.1, 0.15) is 43.0 Å². The second kappa shape index (κ2) is 10.6. The average Bonchev–Trinajstić information content (AvgIpc) is 3.96. The van der Waals surface area contributed by atoms with Gasteiger partial charge in [-0.3, -0.25) is 9.59 Å². The van der Waals surface area contributed by atoms with Crippen molar-refractivity contribution in [2.45, 2.75) is 6.42 Å². The van der Waals surface area contributed by atoms with Crippen LogP contribution in [0.5, 0.6) is 0 Å². The van der Waals surface area contributed by atoms with E-state index in [0.29, 0.717) is 63.2 Å². The molecule has 2 amide bonds. The van der Waals surface area contributed by atoms with Crippen LogP contribution in [-0.2, 0) is 6.42 Å². The van der Waals surface area contributed by atoms with Gasteiger partial charge in [-0.2, -0.15) is 0 Å². The summed E-state index contributed by atoms with van der Waals surface area (Å²) in [6.07, 6.45) is 6.14. The summed E-state index contributed by atoms with van der Waals surface area (Å²) < 4.78 is 0. The molecule has 246 valence electrons. The number of fused-ring (bicyclic) bond motifs is 20. The Morgan fingerprint density at radius 3 is 1.85 bits per heavy atom. The molecule has 0 atom stereocenters. The van der Waals surface area contributed by atoms with Crippen molar-refractivity contribution in [3.05, 3.63) is 160 Å². The Labute approximate surface area is 294 Å². The van der Waals surface area contributed by atoms with E-state index in [2.05, 4.69) is 20.3 Å². The van der Waals surface area contributed by atoms with Crippen LogP contribution in [0.4, 0.5) is 23.3 Å². The van der Waals surface area contributed by atoms with Gasteiger partial charge in [0.1, 0.15) is 34.2 Å². The number of aliphatic imine (C=N–C) groups is 2. The lowest BCUT2D eigenvalue weighted by Gasteiger charge is -2.15. The first-order chi connectivity index (χ1) is 25.6. The highest BCUT2D eigenvalue weighted by Gasteiger charge is 2.35. The van der Waals surface area contributed by atoms with Crippen LogP contribution < -0.4 is 16.3 Å². The van der Waals surface area contributed by atoms with Gasteiger partial charge in [-0.1, -0.05) is 97.1 Å². The van der Waals surface area contributed by atoms with Crippen LogP contribution in [0.25, 0.3) is 27.1 Å². The standard InChI is InChI=1S/C41H25N9O2/c51-40-28-17-7-8-18-29(28)41(52)50(40)20-21-10-9-19-30-31(21)39-48-37-27-16-6-5-15-26(27)35(46-37)44-33-23-12-2-1-11-22(23)32(42-33)43-34-24-13-3-4-14-25(24)36(45-34)47-38(30)49-39/h1-18,20,45,47,49H,19H2,(H,42,43,44,46,48). The van der Waals surface area contributed by atoms with Crippen LogP contribution in [0.15, 0.2) is 135 Å². The van der Waals surface area contributed by atoms with Crippen LogP contribution in [-0.4, -0.2) is 43.3 Å². The Bertz CT molecular complexity index is 2990. The second-order valence-electron chi connectivity index (χ2n) is 12.9. The molecule has 11 nitrogen and oxygen atoms in total. The molecule has 11 heteroatoms. The summed E-state index contributed by atoms with van der Waals surface area (Å²) in [5.41, 5.74) is 6.11. The average molecular weight is 676 g/mol. The molecule has 6 heterocycles. The molecular formula is C41H25N9O2. The predicted molar refractivity (Wildman–Crippen MR) is 200 cm³/mol. The van der Waals surface area contributed by atoms with Gasteiger partial charge in [0.25, 0.3) is 11.8 Å². The van der Waals surface area contributed by atoms with Crippen molar-refractivity contribution in [1.82, 2.24) is 19.9 Å². The van der Waals surface area contributed by atoms with Gasteiger partial charge in [-0.05, 0) is 18.6 Å². The van der Waals surface area contributed by atoms with Gasteiger partial charge in [0, 0.05) is 55.6 Å². The largest absolute Gasteiger partial charge is 0.327 e. The first-order valence-electron chi connectivity index (χ1n) is 16.9. The minimum atomic E-state index is -0.365. The van der Waals surface area contributed by atoms with E-state index in [0.717, 1.165) is 49.6 Å². The number of H-pyrrole nitrogens is 3. The maximum Gasteiger partial charge on any atom is 0.265 e. The van der Waals surface area contributed by atoms with E-state index in [1.54, 1.807) is 30.5 Å². The van der Waals surface area contributed by atoms with Gasteiger partial charge in [0.2, 0.25) is 0 Å². The molecule has 0 unspecified atom stereocenters. The molecular weight excluding hydrogens is 651 g/mol. The lowest BCUT2D eigenvalue weighted by molar-refractivity contribution is 0.0722. The Morgan fingerprint density at radius 2 is 1.13 bits per heavy atom. The molecule has 0 spiro atoms. The van der Waals surface area contributed by atoms with E-state index in [1.807, 2.05) is 84.9 Å². The zero-order valence-electron chi connectivity index (χ0n) is 27.2. The number of rotatable bonds is 1. The summed E-state index contributed by atoms with van der Waals surface area (Å²) in [5, 5.41) is 7.38. The molecule has 4 aliphatic rings. The number of imide groups is 1. The molecule has 8 bridgehead atoms. The summed E-state index contributed by atoms with van der Waals surface area (Å²) in [5.74, 6) is 2.95. The quantitative estimate of drug-likeness (QED) is 0.141. The van der Waals surface area contributed by atoms with Gasteiger partial charge in [-0.25, -0.2) is 24.9 Å². The lowest BCUT2D eigenvalue weighted by atomic mass is 9.95. The third-order valence-corrected chi connectivity index (χ3v) is 9.98. The first kappa shape index (κ1) is 28.4. The monoisotopic (exact) mass is 675 g/mol. The van der Waals surface area contributed by atoms with Crippen molar-refractivity contribution >= 4 is 73.9 Å². The Balaban J connectivity index is 1.18. The number of anilines is 2. The highest BCUT2D eigenvalue weighted by atomic mass is 16.2. The first-order valence-corrected chi connectivity index (χ1v) is 16.9. The van der Waals surface area contributed by atoms with E-state index in [1.165, 1.54) is 4.90 Å². The van der Waals surface area contributed by atoms with Gasteiger partial charge in [0.15, 0.2) is 11.7 Å². The fourth-order valence-corrected chi connectivity index (χ4v) is 7.57. The molecule has 3 aromatic heterocycles. The predicted octanol–water partition coefficient (Wildman–Crippen LogP) is 6.89. The minimum Gasteiger partial charge on any atom is -0.327 e. The second-order valence-corrected chi connectivity index (χ2v) is 12.9. The van der Waals surface area contributed by atoms with Crippen molar-refractivity contribution in [2.24, 2.45) is 20.0 Å². The SMILES string of the molecule is O=C1c2ccccc2C(=O)N1C=C1C=CCc2c3[nH]c(c21)N=C1N=C(N=c2[nH]/c(c4ccccc24)=N\c2[nH]c(c4ccccc24)N3)c2ccccc21. The number of carbonyl (C=O) groups is 2. The van der Waals surface area contributed by atoms with Crippen molar-refractivity contribution < 1.29 is 9.59 Å². The van der Waals surface area contributed by atoms with Crippen molar-refractivity contribution in [2.75, 3.05) is 5.32 Å². The number of hydrogen-bond donors (Lipinski definition) is 4. The van der Waals surface area contributed by atoms with E-state index < -0.39 is 0 Å². The zero-order chi connectivity index (χ0) is 34.5. The number of benzene rings is 4. The summed E-state index contributed by atoms with van der Waals surface area (Å²) in [4.78, 5) is 59.0. The Morgan fingerprint density at radius 1 is 0.558 bits per heavy atom. The Hall–Kier alpha value is -7.40. The normalized spacial score (nSPS) is 17.0. The van der Waals surface area contributed by atoms with Crippen LogP contribution >= 0.6 is 0 Å². The number of aromatic amines is 3. The van der Waals surface area contributed by atoms with Gasteiger partial charge < -0.3 is 20.3 Å². The number of nitrogens with one attached hydrogen (secondary N) is 4. The molecule has 1 aliphatic carbocycles. The number of amides is 2. The highest BCUT2D eigenvalue weighted by Crippen LogP contribution is 2.43. The molecule has 0 saturated carbocycles. The maximum absolute atomic E-state index is 13.5. The Kier molecular flexibility index (Phi) is 5.77. The molecule has 7 aromatic rings. The third-order valence-electron chi connectivity index (χ3n) is 9.98. The zero-order valence-corrected chi connectivity index (χ0v) is 27.2. The lowest BCUT2D eigenvalue weighted by Crippen LogP contribution is -2.24. The van der Waals surface area contributed by atoms with E-state index >= 15 is 0 Å². The van der Waals surface area contributed by atoms with E-state index in [4.69, 9.17) is 20.0 Å². The number of carbonyl (C=O) groups excluding carboxylic acids is 2. The van der Waals surface area contributed by atoms with Crippen LogP contribution in [0, 0.1) is 0 Å². The van der Waals surface area contributed by atoms with Gasteiger partial charge >= 0.3 is 0 Å². The van der Waals surface area contributed by atoms with E-state index in [-0.39, 0.29) is 11.8 Å². The minimum absolute atomic E-state index is 0.365. The third kappa shape index (κ3) is 4.07. The number of allylic oxidation sites excluding steroid dienone is 3. The highest BCUT2D eigenvalue weighted by molar-refractivity contribution is 6.24. The van der Waals surface area contributed by atoms with Gasteiger partial charge in [0.05, 0.1) is 11.1 Å². The molecule has 4 N–H and O–H groups in total. The molecule has 11 rings (SSSR count). The summed E-state index contributed by atoms with van der Waals surface area (Å²) >= 11 is 0. The molecule has 3 aliphatic heterocycles. The number of nitrogens with zero attached hydrogens (tertiary/aromatic N) is 5. The van der Waals surface area contributed by atoms with Crippen LogP contribution in [0.3, 0.4) is 0 Å². The molecule has 52 heavy (non-hydrogen) atoms. The van der Waals surface area contributed by atoms with Crippen molar-refractivity contribution in [3.63, 3.8) is 0 Å².